The fourth-order valence-corrected chi connectivity index (χ4v) is 3.72. The number of nitrogens with zero attached hydrogens (tertiary/aromatic N) is 3. The summed E-state index contributed by atoms with van der Waals surface area (Å²) in [6, 6.07) is 7.51. The first kappa shape index (κ1) is 16.3. The minimum absolute atomic E-state index is 0.0883. The van der Waals surface area contributed by atoms with Crippen LogP contribution in [0, 0.1) is 0 Å². The van der Waals surface area contributed by atoms with E-state index in [4.69, 9.17) is 11.6 Å². The van der Waals surface area contributed by atoms with Crippen molar-refractivity contribution in [3.8, 4) is 0 Å². The Morgan fingerprint density at radius 1 is 1.32 bits per heavy atom. The zero-order valence-electron chi connectivity index (χ0n) is 13.5. The standard InChI is InChI=1S/C18H17ClN4OS/c19-15-7-21-23(10-15)9-12-1-3-13(4-2-12)17(24)20-8-16-11-25-18(22-16)14-5-6-14/h1-4,7,10-11,14H,5-6,8-9H2,(H,20,24). The summed E-state index contributed by atoms with van der Waals surface area (Å²) in [6.45, 7) is 1.09. The molecule has 2 heterocycles. The van der Waals surface area contributed by atoms with Crippen LogP contribution in [0.3, 0.4) is 0 Å². The highest BCUT2D eigenvalue weighted by Crippen LogP contribution is 2.41. The van der Waals surface area contributed by atoms with E-state index in [1.807, 2.05) is 29.6 Å². The second kappa shape index (κ2) is 6.98. The molecular formula is C18H17ClN4OS. The van der Waals surface area contributed by atoms with Gasteiger partial charge in [-0.25, -0.2) is 4.98 Å². The quantitative estimate of drug-likeness (QED) is 0.715. The SMILES string of the molecule is O=C(NCc1csc(C2CC2)n1)c1ccc(Cn2cc(Cl)cn2)cc1. The van der Waals surface area contributed by atoms with E-state index >= 15 is 0 Å². The van der Waals surface area contributed by atoms with Crippen LogP contribution in [0.15, 0.2) is 42.0 Å². The van der Waals surface area contributed by atoms with Crippen molar-refractivity contribution in [2.45, 2.75) is 31.8 Å². The van der Waals surface area contributed by atoms with Crippen molar-refractivity contribution in [1.29, 1.82) is 0 Å². The van der Waals surface area contributed by atoms with E-state index in [-0.39, 0.29) is 5.91 Å². The first-order valence-electron chi connectivity index (χ1n) is 8.17. The van der Waals surface area contributed by atoms with E-state index in [1.54, 1.807) is 28.4 Å². The van der Waals surface area contributed by atoms with Crippen molar-refractivity contribution in [3.63, 3.8) is 0 Å². The molecule has 0 atom stereocenters. The average Bonchev–Trinajstić information content (AvgIpc) is 3.22. The van der Waals surface area contributed by atoms with Crippen LogP contribution in [0.2, 0.25) is 5.02 Å². The molecule has 4 rings (SSSR count). The van der Waals surface area contributed by atoms with Gasteiger partial charge in [-0.05, 0) is 30.5 Å². The predicted molar refractivity (Wildman–Crippen MR) is 98.0 cm³/mol. The van der Waals surface area contributed by atoms with Gasteiger partial charge in [0.25, 0.3) is 5.91 Å². The highest BCUT2D eigenvalue weighted by molar-refractivity contribution is 7.09. The van der Waals surface area contributed by atoms with Gasteiger partial charge in [-0.1, -0.05) is 23.7 Å². The van der Waals surface area contributed by atoms with Crippen molar-refractivity contribution in [2.75, 3.05) is 0 Å². The van der Waals surface area contributed by atoms with E-state index in [9.17, 15) is 4.79 Å². The van der Waals surface area contributed by atoms with Crippen molar-refractivity contribution < 1.29 is 4.79 Å². The molecule has 7 heteroatoms. The Morgan fingerprint density at radius 3 is 2.80 bits per heavy atom. The maximum atomic E-state index is 12.3. The van der Waals surface area contributed by atoms with Gasteiger partial charge in [-0.15, -0.1) is 11.3 Å². The number of aromatic nitrogens is 3. The summed E-state index contributed by atoms with van der Waals surface area (Å²) in [7, 11) is 0. The Labute approximate surface area is 154 Å². The lowest BCUT2D eigenvalue weighted by Gasteiger charge is -2.06. The smallest absolute Gasteiger partial charge is 0.251 e. The molecule has 5 nitrogen and oxygen atoms in total. The van der Waals surface area contributed by atoms with Gasteiger partial charge in [0.1, 0.15) is 0 Å². The lowest BCUT2D eigenvalue weighted by Crippen LogP contribution is -2.23. The number of nitrogens with one attached hydrogen (secondary N) is 1. The third-order valence-electron chi connectivity index (χ3n) is 4.09. The van der Waals surface area contributed by atoms with Crippen LogP contribution < -0.4 is 5.32 Å². The van der Waals surface area contributed by atoms with Gasteiger partial charge in [0, 0.05) is 23.1 Å². The maximum absolute atomic E-state index is 12.3. The second-order valence-corrected chi connectivity index (χ2v) is 7.51. The lowest BCUT2D eigenvalue weighted by molar-refractivity contribution is 0.0950. The van der Waals surface area contributed by atoms with Gasteiger partial charge in [-0.2, -0.15) is 5.10 Å². The molecule has 1 fully saturated rings. The summed E-state index contributed by atoms with van der Waals surface area (Å²) >= 11 is 7.55. The van der Waals surface area contributed by atoms with Gasteiger partial charge < -0.3 is 5.32 Å². The first-order chi connectivity index (χ1) is 12.2. The fraction of sp³-hybridized carbons (Fsp3) is 0.278. The summed E-state index contributed by atoms with van der Waals surface area (Å²) < 4.78 is 1.76. The monoisotopic (exact) mass is 372 g/mol. The zero-order chi connectivity index (χ0) is 17.2. The van der Waals surface area contributed by atoms with Crippen LogP contribution in [0.25, 0.3) is 0 Å². The van der Waals surface area contributed by atoms with E-state index in [0.29, 0.717) is 29.6 Å². The van der Waals surface area contributed by atoms with Gasteiger partial charge in [0.05, 0.1) is 35.0 Å². The molecule has 0 radical (unpaired) electrons. The van der Waals surface area contributed by atoms with Gasteiger partial charge >= 0.3 is 0 Å². The summed E-state index contributed by atoms with van der Waals surface area (Å²) in [5.74, 6) is 0.571. The Balaban J connectivity index is 1.33. The molecule has 128 valence electrons. The summed E-state index contributed by atoms with van der Waals surface area (Å²) in [6.07, 6.45) is 5.87. The molecule has 0 spiro atoms. The van der Waals surface area contributed by atoms with Gasteiger partial charge in [0.2, 0.25) is 0 Å². The van der Waals surface area contributed by atoms with E-state index in [1.165, 1.54) is 17.8 Å². The van der Waals surface area contributed by atoms with Gasteiger partial charge in [-0.3, -0.25) is 9.48 Å². The Kier molecular flexibility index (Phi) is 4.55. The topological polar surface area (TPSA) is 59.8 Å². The lowest BCUT2D eigenvalue weighted by atomic mass is 10.1. The number of carbonyl (C=O) groups excluding carboxylic acids is 1. The molecule has 2 aromatic heterocycles. The zero-order valence-corrected chi connectivity index (χ0v) is 15.1. The number of benzene rings is 1. The van der Waals surface area contributed by atoms with Crippen molar-refractivity contribution in [2.24, 2.45) is 0 Å². The first-order valence-corrected chi connectivity index (χ1v) is 9.42. The van der Waals surface area contributed by atoms with E-state index in [0.717, 1.165) is 11.3 Å². The van der Waals surface area contributed by atoms with Crippen LogP contribution in [0.5, 0.6) is 0 Å². The Morgan fingerprint density at radius 2 is 2.12 bits per heavy atom. The fourth-order valence-electron chi connectivity index (χ4n) is 2.57. The van der Waals surface area contributed by atoms with Crippen LogP contribution >= 0.6 is 22.9 Å². The molecule has 0 bridgehead atoms. The number of halogens is 1. The van der Waals surface area contributed by atoms with Crippen LogP contribution in [0.1, 0.15) is 45.4 Å². The molecule has 1 saturated carbocycles. The molecule has 3 aromatic rings. The number of carbonyl (C=O) groups is 1. The predicted octanol–water partition coefficient (Wildman–Crippen LogP) is 3.85. The Hall–Kier alpha value is -2.18. The number of thiazole rings is 1. The average molecular weight is 373 g/mol. The second-order valence-electron chi connectivity index (χ2n) is 6.19. The highest BCUT2D eigenvalue weighted by Gasteiger charge is 2.26. The number of amides is 1. The van der Waals surface area contributed by atoms with Crippen molar-refractivity contribution >= 4 is 28.8 Å². The van der Waals surface area contributed by atoms with Crippen molar-refractivity contribution in [3.05, 3.63) is 68.9 Å². The molecule has 1 aliphatic rings. The molecular weight excluding hydrogens is 356 g/mol. The van der Waals surface area contributed by atoms with Crippen LogP contribution in [-0.2, 0) is 13.1 Å². The van der Waals surface area contributed by atoms with Crippen LogP contribution in [0.4, 0.5) is 0 Å². The van der Waals surface area contributed by atoms with Crippen LogP contribution in [-0.4, -0.2) is 20.7 Å². The number of rotatable bonds is 6. The molecule has 0 aliphatic heterocycles. The largest absolute Gasteiger partial charge is 0.346 e. The summed E-state index contributed by atoms with van der Waals surface area (Å²) in [5.41, 5.74) is 2.64. The van der Waals surface area contributed by atoms with Gasteiger partial charge in [0.15, 0.2) is 0 Å². The Bertz CT molecular complexity index is 883. The maximum Gasteiger partial charge on any atom is 0.251 e. The van der Waals surface area contributed by atoms with E-state index in [2.05, 4.69) is 15.4 Å². The molecule has 1 N–H and O–H groups in total. The minimum atomic E-state index is -0.0883. The summed E-state index contributed by atoms with van der Waals surface area (Å²) in [4.78, 5) is 16.9. The molecule has 1 aliphatic carbocycles. The minimum Gasteiger partial charge on any atom is -0.346 e. The molecule has 25 heavy (non-hydrogen) atoms. The van der Waals surface area contributed by atoms with E-state index < -0.39 is 0 Å². The number of hydrogen-bond acceptors (Lipinski definition) is 4. The normalized spacial score (nSPS) is 13.8. The molecule has 1 aromatic carbocycles. The third-order valence-corrected chi connectivity index (χ3v) is 5.34. The highest BCUT2D eigenvalue weighted by atomic mass is 35.5. The van der Waals surface area contributed by atoms with Crippen molar-refractivity contribution in [1.82, 2.24) is 20.1 Å². The molecule has 0 unspecified atom stereocenters. The molecule has 0 saturated heterocycles. The third kappa shape index (κ3) is 4.08. The summed E-state index contributed by atoms with van der Waals surface area (Å²) in [5, 5.41) is 10.9. The molecule has 1 amide bonds. The number of hydrogen-bond donors (Lipinski definition) is 1.